The number of esters is 1. The Labute approximate surface area is 129 Å². The number of rotatable bonds is 7. The minimum atomic E-state index is -0.0469. The second-order valence-electron chi connectivity index (χ2n) is 5.84. The van der Waals surface area contributed by atoms with E-state index in [1.807, 2.05) is 6.92 Å². The molecule has 2 fully saturated rings. The van der Waals surface area contributed by atoms with Gasteiger partial charge in [-0.15, -0.1) is 12.4 Å². The van der Waals surface area contributed by atoms with Crippen LogP contribution in [0.2, 0.25) is 0 Å². The fraction of sp³-hybridized carbons (Fsp3) is 0.933. The smallest absolute Gasteiger partial charge is 0.323 e. The highest BCUT2D eigenvalue weighted by atomic mass is 35.5. The summed E-state index contributed by atoms with van der Waals surface area (Å²) in [6, 6.07) is 0.612. The van der Waals surface area contributed by atoms with Gasteiger partial charge in [0.1, 0.15) is 6.04 Å². The van der Waals surface area contributed by atoms with Crippen LogP contribution in [0.15, 0.2) is 0 Å². The molecule has 0 aromatic rings. The van der Waals surface area contributed by atoms with Crippen LogP contribution >= 0.6 is 12.4 Å². The van der Waals surface area contributed by atoms with Crippen LogP contribution in [0.25, 0.3) is 0 Å². The zero-order valence-electron chi connectivity index (χ0n) is 12.8. The predicted octanol–water partition coefficient (Wildman–Crippen LogP) is 2.21. The van der Waals surface area contributed by atoms with Gasteiger partial charge in [0.25, 0.3) is 0 Å². The Balaban J connectivity index is 0.00000200. The summed E-state index contributed by atoms with van der Waals surface area (Å²) in [4.78, 5) is 14.2. The molecule has 2 aliphatic rings. The van der Waals surface area contributed by atoms with Crippen molar-refractivity contribution in [2.45, 2.75) is 58.0 Å². The Morgan fingerprint density at radius 2 is 1.90 bits per heavy atom. The van der Waals surface area contributed by atoms with Gasteiger partial charge in [-0.25, -0.2) is 0 Å². The van der Waals surface area contributed by atoms with Gasteiger partial charge in [0.2, 0.25) is 0 Å². The molecule has 2 rings (SSSR count). The first-order chi connectivity index (χ1) is 9.24. The van der Waals surface area contributed by atoms with Gasteiger partial charge in [-0.1, -0.05) is 6.92 Å². The minimum Gasteiger partial charge on any atom is -0.465 e. The van der Waals surface area contributed by atoms with Crippen LogP contribution in [0.3, 0.4) is 0 Å². The van der Waals surface area contributed by atoms with Gasteiger partial charge in [0.15, 0.2) is 0 Å². The molecule has 0 radical (unpaired) electrons. The number of likely N-dealkylation sites (tertiary alicyclic amines) is 1. The molecule has 0 spiro atoms. The quantitative estimate of drug-likeness (QED) is 0.732. The molecular weight excluding hydrogens is 276 g/mol. The summed E-state index contributed by atoms with van der Waals surface area (Å²) in [5, 5.41) is 3.67. The van der Waals surface area contributed by atoms with Crippen LogP contribution in [0.4, 0.5) is 0 Å². The molecule has 1 aliphatic heterocycles. The highest BCUT2D eigenvalue weighted by molar-refractivity contribution is 5.85. The van der Waals surface area contributed by atoms with Crippen LogP contribution < -0.4 is 5.32 Å². The number of piperidine rings is 1. The predicted molar refractivity (Wildman–Crippen MR) is 83.3 cm³/mol. The summed E-state index contributed by atoms with van der Waals surface area (Å²) in [6.07, 6.45) is 5.98. The van der Waals surface area contributed by atoms with Crippen molar-refractivity contribution in [3.63, 3.8) is 0 Å². The molecule has 118 valence electrons. The molecular formula is C15H29ClN2O2. The van der Waals surface area contributed by atoms with Gasteiger partial charge in [0.05, 0.1) is 6.61 Å². The van der Waals surface area contributed by atoms with E-state index in [9.17, 15) is 4.79 Å². The number of hydrogen-bond donors (Lipinski definition) is 1. The highest BCUT2D eigenvalue weighted by Crippen LogP contribution is 2.28. The molecule has 0 bridgehead atoms. The lowest BCUT2D eigenvalue weighted by Crippen LogP contribution is -2.49. The lowest BCUT2D eigenvalue weighted by Gasteiger charge is -2.36. The van der Waals surface area contributed by atoms with Crippen molar-refractivity contribution in [1.29, 1.82) is 0 Å². The first kappa shape index (κ1) is 17.7. The SMILES string of the molecule is CCOC(=O)C(CC)N1CCC(NCC2CC2)CC1.Cl. The van der Waals surface area contributed by atoms with Gasteiger partial charge >= 0.3 is 5.97 Å². The fourth-order valence-electron chi connectivity index (χ4n) is 2.88. The summed E-state index contributed by atoms with van der Waals surface area (Å²) >= 11 is 0. The van der Waals surface area contributed by atoms with Crippen LogP contribution in [0.5, 0.6) is 0 Å². The van der Waals surface area contributed by atoms with Crippen LogP contribution in [-0.2, 0) is 9.53 Å². The van der Waals surface area contributed by atoms with Crippen molar-refractivity contribution < 1.29 is 9.53 Å². The Morgan fingerprint density at radius 1 is 1.25 bits per heavy atom. The van der Waals surface area contributed by atoms with Crippen molar-refractivity contribution in [3.05, 3.63) is 0 Å². The average molecular weight is 305 g/mol. The van der Waals surface area contributed by atoms with Crippen molar-refractivity contribution in [2.75, 3.05) is 26.2 Å². The number of carbonyl (C=O) groups is 1. The maximum Gasteiger partial charge on any atom is 0.323 e. The van der Waals surface area contributed by atoms with E-state index in [4.69, 9.17) is 4.74 Å². The third-order valence-electron chi connectivity index (χ3n) is 4.31. The Hall–Kier alpha value is -0.320. The Morgan fingerprint density at radius 3 is 2.40 bits per heavy atom. The summed E-state index contributed by atoms with van der Waals surface area (Å²) in [6.45, 7) is 7.64. The Kier molecular flexibility index (Phi) is 7.85. The lowest BCUT2D eigenvalue weighted by atomic mass is 10.0. The van der Waals surface area contributed by atoms with Crippen molar-refractivity contribution in [3.8, 4) is 0 Å². The van der Waals surface area contributed by atoms with Gasteiger partial charge < -0.3 is 10.1 Å². The molecule has 1 N–H and O–H groups in total. The van der Waals surface area contributed by atoms with Crippen LogP contribution in [0.1, 0.15) is 46.0 Å². The van der Waals surface area contributed by atoms with E-state index in [1.165, 1.54) is 19.4 Å². The Bertz CT molecular complexity index is 290. The van der Waals surface area contributed by atoms with Gasteiger partial charge in [-0.3, -0.25) is 9.69 Å². The average Bonchev–Trinajstić information content (AvgIpc) is 3.23. The topological polar surface area (TPSA) is 41.6 Å². The molecule has 1 unspecified atom stereocenters. The van der Waals surface area contributed by atoms with Crippen molar-refractivity contribution in [2.24, 2.45) is 5.92 Å². The number of nitrogens with zero attached hydrogens (tertiary/aromatic N) is 1. The van der Waals surface area contributed by atoms with E-state index in [0.717, 1.165) is 38.3 Å². The zero-order valence-corrected chi connectivity index (χ0v) is 13.6. The number of hydrogen-bond acceptors (Lipinski definition) is 4. The fourth-order valence-corrected chi connectivity index (χ4v) is 2.88. The monoisotopic (exact) mass is 304 g/mol. The van der Waals surface area contributed by atoms with Gasteiger partial charge in [-0.2, -0.15) is 0 Å². The minimum absolute atomic E-state index is 0. The molecule has 4 nitrogen and oxygen atoms in total. The van der Waals surface area contributed by atoms with E-state index in [1.54, 1.807) is 0 Å². The maximum atomic E-state index is 11.9. The molecule has 1 heterocycles. The van der Waals surface area contributed by atoms with Crippen LogP contribution in [-0.4, -0.2) is 49.2 Å². The standard InChI is InChI=1S/C15H28N2O2.ClH/c1-3-14(15(18)19-4-2)17-9-7-13(8-10-17)16-11-12-5-6-12;/h12-14,16H,3-11H2,1-2H3;1H. The van der Waals surface area contributed by atoms with E-state index < -0.39 is 0 Å². The molecule has 1 saturated heterocycles. The van der Waals surface area contributed by atoms with E-state index in [0.29, 0.717) is 12.6 Å². The second-order valence-corrected chi connectivity index (χ2v) is 5.84. The number of ether oxygens (including phenoxy) is 1. The first-order valence-electron chi connectivity index (χ1n) is 7.88. The van der Waals surface area contributed by atoms with Crippen molar-refractivity contribution >= 4 is 18.4 Å². The zero-order chi connectivity index (χ0) is 13.7. The molecule has 0 aromatic heterocycles. The van der Waals surface area contributed by atoms with Crippen LogP contribution in [0, 0.1) is 5.92 Å². The third kappa shape index (κ3) is 5.23. The number of carbonyl (C=O) groups excluding carboxylic acids is 1. The maximum absolute atomic E-state index is 11.9. The third-order valence-corrected chi connectivity index (χ3v) is 4.31. The normalized spacial score (nSPS) is 22.1. The molecule has 1 atom stereocenters. The highest BCUT2D eigenvalue weighted by Gasteiger charge is 2.30. The summed E-state index contributed by atoms with van der Waals surface area (Å²) < 4.78 is 5.17. The summed E-state index contributed by atoms with van der Waals surface area (Å²) in [5.74, 6) is 0.898. The van der Waals surface area contributed by atoms with Gasteiger partial charge in [0, 0.05) is 19.1 Å². The van der Waals surface area contributed by atoms with E-state index in [-0.39, 0.29) is 24.4 Å². The molecule has 5 heteroatoms. The molecule has 1 saturated carbocycles. The largest absolute Gasteiger partial charge is 0.465 e. The summed E-state index contributed by atoms with van der Waals surface area (Å²) in [5.41, 5.74) is 0. The summed E-state index contributed by atoms with van der Waals surface area (Å²) in [7, 11) is 0. The van der Waals surface area contributed by atoms with Gasteiger partial charge in [-0.05, 0) is 51.5 Å². The number of nitrogens with one attached hydrogen (secondary N) is 1. The lowest BCUT2D eigenvalue weighted by molar-refractivity contribution is -0.150. The van der Waals surface area contributed by atoms with E-state index >= 15 is 0 Å². The second kappa shape index (κ2) is 8.85. The van der Waals surface area contributed by atoms with E-state index in [2.05, 4.69) is 17.1 Å². The molecule has 1 aliphatic carbocycles. The molecule has 0 aromatic carbocycles. The first-order valence-corrected chi connectivity index (χ1v) is 7.88. The molecule has 20 heavy (non-hydrogen) atoms. The molecule has 0 amide bonds. The van der Waals surface area contributed by atoms with Crippen molar-refractivity contribution in [1.82, 2.24) is 10.2 Å². The number of halogens is 1.